The number of sulfonamides is 1. The number of rotatable bonds is 2. The Balaban J connectivity index is 1.91. The number of hydrogen-bond acceptors (Lipinski definition) is 2. The van der Waals surface area contributed by atoms with Crippen LogP contribution in [0.5, 0.6) is 0 Å². The highest BCUT2D eigenvalue weighted by atomic mass is 32.2. The molecular formula is C16H15NO2S. The molecule has 3 nitrogen and oxygen atoms in total. The number of fused-ring (bicyclic) bond motifs is 1. The molecular weight excluding hydrogens is 270 g/mol. The SMILES string of the molecule is Cc1ccc(S(=O)(=O)N2CCC3=C=CC=C=C3C2)cc1. The minimum atomic E-state index is -3.42. The van der Waals surface area contributed by atoms with Crippen LogP contribution >= 0.6 is 0 Å². The molecule has 3 rings (SSSR count). The van der Waals surface area contributed by atoms with E-state index in [4.69, 9.17) is 0 Å². The van der Waals surface area contributed by atoms with Gasteiger partial charge in [0.1, 0.15) is 0 Å². The quantitative estimate of drug-likeness (QED) is 0.783. The third-order valence-electron chi connectivity index (χ3n) is 3.57. The normalized spacial score (nSPS) is 18.4. The van der Waals surface area contributed by atoms with E-state index >= 15 is 0 Å². The summed E-state index contributed by atoms with van der Waals surface area (Å²) in [7, 11) is -3.42. The monoisotopic (exact) mass is 285 g/mol. The Morgan fingerprint density at radius 2 is 1.70 bits per heavy atom. The molecule has 1 saturated heterocycles. The maximum absolute atomic E-state index is 12.6. The first-order chi connectivity index (χ1) is 9.57. The molecule has 1 fully saturated rings. The molecule has 0 amide bonds. The highest BCUT2D eigenvalue weighted by Crippen LogP contribution is 2.26. The number of nitrogens with zero attached hydrogens (tertiary/aromatic N) is 1. The van der Waals surface area contributed by atoms with E-state index in [2.05, 4.69) is 11.5 Å². The molecule has 1 aromatic rings. The Morgan fingerprint density at radius 3 is 2.40 bits per heavy atom. The van der Waals surface area contributed by atoms with Crippen LogP contribution in [0.4, 0.5) is 0 Å². The van der Waals surface area contributed by atoms with E-state index in [0.29, 0.717) is 24.4 Å². The van der Waals surface area contributed by atoms with Crippen LogP contribution < -0.4 is 0 Å². The van der Waals surface area contributed by atoms with E-state index in [1.807, 2.05) is 25.1 Å². The molecule has 0 unspecified atom stereocenters. The van der Waals surface area contributed by atoms with Gasteiger partial charge in [-0.1, -0.05) is 17.7 Å². The lowest BCUT2D eigenvalue weighted by Crippen LogP contribution is -2.37. The second-order valence-electron chi connectivity index (χ2n) is 4.98. The molecule has 0 spiro atoms. The van der Waals surface area contributed by atoms with Crippen molar-refractivity contribution in [3.63, 3.8) is 0 Å². The van der Waals surface area contributed by atoms with Gasteiger partial charge in [0.05, 0.1) is 4.90 Å². The van der Waals surface area contributed by atoms with Crippen molar-refractivity contribution in [2.24, 2.45) is 0 Å². The summed E-state index contributed by atoms with van der Waals surface area (Å²) in [6.07, 6.45) is 4.29. The van der Waals surface area contributed by atoms with Crippen molar-refractivity contribution < 1.29 is 8.42 Å². The van der Waals surface area contributed by atoms with Gasteiger partial charge in [-0.25, -0.2) is 8.42 Å². The van der Waals surface area contributed by atoms with Gasteiger partial charge < -0.3 is 0 Å². The van der Waals surface area contributed by atoms with Crippen molar-refractivity contribution in [3.05, 3.63) is 64.6 Å². The Morgan fingerprint density at radius 1 is 1.05 bits per heavy atom. The molecule has 20 heavy (non-hydrogen) atoms. The van der Waals surface area contributed by atoms with Gasteiger partial charge in [-0.2, -0.15) is 4.31 Å². The van der Waals surface area contributed by atoms with Crippen LogP contribution in [0.1, 0.15) is 12.0 Å². The zero-order valence-corrected chi connectivity index (χ0v) is 12.1. The summed E-state index contributed by atoms with van der Waals surface area (Å²) in [5, 5.41) is 0. The molecule has 2 aliphatic rings. The van der Waals surface area contributed by atoms with E-state index < -0.39 is 10.0 Å². The first-order valence-corrected chi connectivity index (χ1v) is 7.98. The molecule has 1 heterocycles. The average molecular weight is 285 g/mol. The fourth-order valence-electron chi connectivity index (χ4n) is 2.38. The van der Waals surface area contributed by atoms with Crippen molar-refractivity contribution in [2.75, 3.05) is 13.1 Å². The van der Waals surface area contributed by atoms with Crippen molar-refractivity contribution >= 4 is 10.0 Å². The van der Waals surface area contributed by atoms with Gasteiger partial charge >= 0.3 is 0 Å². The van der Waals surface area contributed by atoms with Crippen molar-refractivity contribution in [3.8, 4) is 0 Å². The smallest absolute Gasteiger partial charge is 0.207 e. The summed E-state index contributed by atoms with van der Waals surface area (Å²) < 4.78 is 26.7. The van der Waals surface area contributed by atoms with Crippen LogP contribution in [0.15, 0.2) is 63.9 Å². The number of aryl methyl sites for hydroxylation is 1. The number of hydrogen-bond donors (Lipinski definition) is 0. The predicted molar refractivity (Wildman–Crippen MR) is 77.7 cm³/mol. The van der Waals surface area contributed by atoms with Gasteiger partial charge in [-0.15, -0.1) is 11.5 Å². The van der Waals surface area contributed by atoms with E-state index in [-0.39, 0.29) is 0 Å². The summed E-state index contributed by atoms with van der Waals surface area (Å²) in [5.74, 6) is 0. The molecule has 0 saturated carbocycles. The van der Waals surface area contributed by atoms with Gasteiger partial charge in [0.2, 0.25) is 10.0 Å². The molecule has 0 N–H and O–H groups in total. The molecule has 102 valence electrons. The summed E-state index contributed by atoms with van der Waals surface area (Å²) in [4.78, 5) is 0.353. The minimum Gasteiger partial charge on any atom is -0.207 e. The van der Waals surface area contributed by atoms with Crippen molar-refractivity contribution in [1.29, 1.82) is 0 Å². The maximum atomic E-state index is 12.6. The zero-order chi connectivity index (χ0) is 14.2. The summed E-state index contributed by atoms with van der Waals surface area (Å²) in [6.45, 7) is 2.82. The lowest BCUT2D eigenvalue weighted by Gasteiger charge is -2.28. The average Bonchev–Trinajstić information content (AvgIpc) is 2.47. The van der Waals surface area contributed by atoms with Crippen LogP contribution in [0.25, 0.3) is 0 Å². The second-order valence-corrected chi connectivity index (χ2v) is 6.92. The number of benzene rings is 1. The Hall–Kier alpha value is -1.83. The molecule has 4 heteroatoms. The second kappa shape index (κ2) is 4.93. The first-order valence-electron chi connectivity index (χ1n) is 6.54. The Kier molecular flexibility index (Phi) is 3.25. The van der Waals surface area contributed by atoms with Gasteiger partial charge in [-0.3, -0.25) is 0 Å². The molecule has 0 atom stereocenters. The maximum Gasteiger partial charge on any atom is 0.243 e. The zero-order valence-electron chi connectivity index (χ0n) is 11.3. The van der Waals surface area contributed by atoms with Crippen molar-refractivity contribution in [1.82, 2.24) is 4.31 Å². The molecule has 0 aromatic heterocycles. The van der Waals surface area contributed by atoms with Gasteiger partial charge in [0, 0.05) is 24.2 Å². The summed E-state index contributed by atoms with van der Waals surface area (Å²) in [6, 6.07) is 6.98. The fourth-order valence-corrected chi connectivity index (χ4v) is 3.79. The third-order valence-corrected chi connectivity index (χ3v) is 5.43. The van der Waals surface area contributed by atoms with E-state index in [1.54, 1.807) is 18.2 Å². The van der Waals surface area contributed by atoms with Gasteiger partial charge in [0.15, 0.2) is 0 Å². The Bertz CT molecular complexity index is 772. The highest BCUT2D eigenvalue weighted by Gasteiger charge is 2.29. The van der Waals surface area contributed by atoms with Gasteiger partial charge in [-0.05, 0) is 37.6 Å². The summed E-state index contributed by atoms with van der Waals surface area (Å²) in [5.41, 5.74) is 9.32. The lowest BCUT2D eigenvalue weighted by atomic mass is 9.99. The van der Waals surface area contributed by atoms with Gasteiger partial charge in [0.25, 0.3) is 0 Å². The minimum absolute atomic E-state index is 0.353. The molecule has 0 bridgehead atoms. The summed E-state index contributed by atoms with van der Waals surface area (Å²) >= 11 is 0. The Labute approximate surface area is 119 Å². The standard InChI is InChI=1S/C16H15NO2S/c1-13-6-8-16(9-7-13)20(18,19)17-11-10-14-4-2-3-5-15(14)12-17/h2-3,6-9H,10-12H2,1H3. The largest absolute Gasteiger partial charge is 0.243 e. The third kappa shape index (κ3) is 2.31. The highest BCUT2D eigenvalue weighted by molar-refractivity contribution is 7.89. The van der Waals surface area contributed by atoms with Crippen LogP contribution in [0, 0.1) is 6.92 Å². The van der Waals surface area contributed by atoms with Crippen LogP contribution in [0.3, 0.4) is 0 Å². The van der Waals surface area contributed by atoms with Crippen LogP contribution in [0.2, 0.25) is 0 Å². The predicted octanol–water partition coefficient (Wildman–Crippen LogP) is 2.57. The number of piperidine rings is 1. The van der Waals surface area contributed by atoms with E-state index in [0.717, 1.165) is 16.7 Å². The first kappa shape index (κ1) is 13.2. The molecule has 1 aliphatic heterocycles. The molecule has 1 aromatic carbocycles. The topological polar surface area (TPSA) is 37.4 Å². The lowest BCUT2D eigenvalue weighted by molar-refractivity contribution is 0.421. The fraction of sp³-hybridized carbons (Fsp3) is 0.250. The van der Waals surface area contributed by atoms with Crippen LogP contribution in [-0.4, -0.2) is 25.8 Å². The van der Waals surface area contributed by atoms with E-state index in [1.165, 1.54) is 4.31 Å². The van der Waals surface area contributed by atoms with Crippen molar-refractivity contribution in [2.45, 2.75) is 18.2 Å². The molecule has 1 aliphatic carbocycles. The molecule has 0 radical (unpaired) electrons. The van der Waals surface area contributed by atoms with E-state index in [9.17, 15) is 8.42 Å². The van der Waals surface area contributed by atoms with Crippen LogP contribution in [-0.2, 0) is 10.0 Å².